The molecule has 1 atom stereocenters. The fraction of sp³-hybridized carbons (Fsp3) is 0.389. The highest BCUT2D eigenvalue weighted by Gasteiger charge is 2.54. The third-order valence-corrected chi connectivity index (χ3v) is 7.17. The van der Waals surface area contributed by atoms with E-state index < -0.39 is 11.6 Å². The summed E-state index contributed by atoms with van der Waals surface area (Å²) in [6, 6.07) is 5.15. The van der Waals surface area contributed by atoms with E-state index in [-0.39, 0.29) is 18.2 Å². The van der Waals surface area contributed by atoms with Crippen LogP contribution in [0.5, 0.6) is 0 Å². The normalized spacial score (nSPS) is 22.4. The molecule has 0 bridgehead atoms. The van der Waals surface area contributed by atoms with E-state index in [0.717, 1.165) is 39.5 Å². The number of nitrogens with one attached hydrogen (secondary N) is 1. The van der Waals surface area contributed by atoms with E-state index in [1.54, 1.807) is 17.4 Å². The maximum absolute atomic E-state index is 13.1. The molecule has 2 aromatic heterocycles. The third-order valence-electron chi connectivity index (χ3n) is 4.92. The van der Waals surface area contributed by atoms with Crippen molar-refractivity contribution in [2.45, 2.75) is 38.1 Å². The molecule has 0 aromatic carbocycles. The summed E-state index contributed by atoms with van der Waals surface area (Å²) < 4.78 is 0. The smallest absolute Gasteiger partial charge is 0.319 e. The number of thiophene rings is 2. The number of aryl methyl sites for hydroxylation is 2. The average molecular weight is 374 g/mol. The monoisotopic (exact) mass is 374 g/mol. The Morgan fingerprint density at radius 3 is 2.92 bits per heavy atom. The number of Topliss-reactive ketones (excluding diaryl/α,β-unsaturated/α-hetero) is 1. The van der Waals surface area contributed by atoms with Gasteiger partial charge in [0.1, 0.15) is 5.54 Å². The summed E-state index contributed by atoms with van der Waals surface area (Å²) in [5.41, 5.74) is -0.0731. The number of carbonyl (C=O) groups excluding carboxylic acids is 3. The van der Waals surface area contributed by atoms with Crippen molar-refractivity contribution in [2.24, 2.45) is 0 Å². The number of imide groups is 1. The Morgan fingerprint density at radius 2 is 2.16 bits per heavy atom. The molecule has 7 heteroatoms. The first kappa shape index (κ1) is 16.5. The number of hydrogen-bond donors (Lipinski definition) is 1. The number of carbonyl (C=O) groups is 3. The molecule has 130 valence electrons. The predicted molar refractivity (Wildman–Crippen MR) is 97.2 cm³/mol. The first-order chi connectivity index (χ1) is 12.0. The molecule has 1 spiro atoms. The molecule has 25 heavy (non-hydrogen) atoms. The molecule has 4 rings (SSSR count). The number of urea groups is 1. The van der Waals surface area contributed by atoms with E-state index in [9.17, 15) is 14.4 Å². The lowest BCUT2D eigenvalue weighted by Gasteiger charge is -2.31. The maximum atomic E-state index is 13.1. The van der Waals surface area contributed by atoms with Crippen LogP contribution in [0.1, 0.15) is 44.8 Å². The van der Waals surface area contributed by atoms with Gasteiger partial charge in [-0.25, -0.2) is 4.79 Å². The molecule has 0 saturated carbocycles. The van der Waals surface area contributed by atoms with Crippen molar-refractivity contribution < 1.29 is 14.4 Å². The SMILES string of the molecule is CCc1ccc(C(=O)CN2C(=O)N[C@@]3(CCCc4sccc43)C2=O)s1. The first-order valence-electron chi connectivity index (χ1n) is 8.38. The van der Waals surface area contributed by atoms with Crippen LogP contribution in [0, 0.1) is 0 Å². The van der Waals surface area contributed by atoms with E-state index in [2.05, 4.69) is 5.32 Å². The molecule has 2 aliphatic rings. The van der Waals surface area contributed by atoms with E-state index in [0.29, 0.717) is 11.3 Å². The third kappa shape index (κ3) is 2.53. The Bertz CT molecular complexity index is 869. The van der Waals surface area contributed by atoms with Crippen LogP contribution in [-0.4, -0.2) is 29.2 Å². The van der Waals surface area contributed by atoms with Crippen LogP contribution in [0.2, 0.25) is 0 Å². The molecule has 3 heterocycles. The fourth-order valence-corrected chi connectivity index (χ4v) is 5.50. The molecule has 1 saturated heterocycles. The highest BCUT2D eigenvalue weighted by atomic mass is 32.1. The zero-order chi connectivity index (χ0) is 17.6. The lowest BCUT2D eigenvalue weighted by Crippen LogP contribution is -2.46. The Labute approximate surface area is 153 Å². The zero-order valence-corrected chi connectivity index (χ0v) is 15.5. The lowest BCUT2D eigenvalue weighted by molar-refractivity contribution is -0.131. The predicted octanol–water partition coefficient (Wildman–Crippen LogP) is 3.34. The standard InChI is InChI=1S/C18H18N2O3S2/c1-2-11-5-6-15(25-11)13(21)10-20-16(22)18(19-17(20)23)8-3-4-14-12(18)7-9-24-14/h5-7,9H,2-4,8,10H2,1H3,(H,19,23)/t18-/m1/s1. The fourth-order valence-electron chi connectivity index (χ4n) is 3.62. The molecule has 1 aliphatic carbocycles. The lowest BCUT2D eigenvalue weighted by atomic mass is 9.80. The second kappa shape index (κ2) is 6.07. The Balaban J connectivity index is 1.60. The summed E-state index contributed by atoms with van der Waals surface area (Å²) >= 11 is 3.05. The molecule has 3 amide bonds. The number of amides is 3. The van der Waals surface area contributed by atoms with Crippen LogP contribution < -0.4 is 5.32 Å². The average Bonchev–Trinajstić information content (AvgIpc) is 3.31. The van der Waals surface area contributed by atoms with Crippen LogP contribution in [0.15, 0.2) is 23.6 Å². The van der Waals surface area contributed by atoms with Gasteiger partial charge in [0, 0.05) is 15.3 Å². The van der Waals surface area contributed by atoms with Crippen molar-refractivity contribution in [2.75, 3.05) is 6.54 Å². The zero-order valence-electron chi connectivity index (χ0n) is 13.8. The molecule has 1 N–H and O–H groups in total. The number of nitrogens with zero attached hydrogens (tertiary/aromatic N) is 1. The van der Waals surface area contributed by atoms with E-state index in [1.807, 2.05) is 24.4 Å². The molecular formula is C18H18N2O3S2. The van der Waals surface area contributed by atoms with Crippen LogP contribution >= 0.6 is 22.7 Å². The van der Waals surface area contributed by atoms with Gasteiger partial charge in [-0.1, -0.05) is 6.92 Å². The van der Waals surface area contributed by atoms with E-state index in [4.69, 9.17) is 0 Å². The van der Waals surface area contributed by atoms with Gasteiger partial charge >= 0.3 is 6.03 Å². The van der Waals surface area contributed by atoms with Crippen LogP contribution in [0.4, 0.5) is 4.79 Å². The van der Waals surface area contributed by atoms with Gasteiger partial charge in [-0.2, -0.15) is 0 Å². The van der Waals surface area contributed by atoms with E-state index in [1.165, 1.54) is 11.3 Å². The second-order valence-corrected chi connectivity index (χ2v) is 8.55. The summed E-state index contributed by atoms with van der Waals surface area (Å²) in [6.07, 6.45) is 3.24. The molecule has 5 nitrogen and oxygen atoms in total. The molecule has 0 unspecified atom stereocenters. The summed E-state index contributed by atoms with van der Waals surface area (Å²) in [4.78, 5) is 42.0. The second-order valence-electron chi connectivity index (χ2n) is 6.38. The quantitative estimate of drug-likeness (QED) is 0.659. The van der Waals surface area contributed by atoms with Crippen molar-refractivity contribution in [3.63, 3.8) is 0 Å². The van der Waals surface area contributed by atoms with Crippen molar-refractivity contribution in [3.05, 3.63) is 43.8 Å². The molecule has 1 fully saturated rings. The number of rotatable bonds is 4. The highest BCUT2D eigenvalue weighted by Crippen LogP contribution is 2.42. The number of fused-ring (bicyclic) bond motifs is 2. The van der Waals surface area contributed by atoms with Gasteiger partial charge in [0.25, 0.3) is 5.91 Å². The van der Waals surface area contributed by atoms with Gasteiger partial charge in [0.2, 0.25) is 0 Å². The summed E-state index contributed by atoms with van der Waals surface area (Å²) in [6.45, 7) is 1.83. The molecular weight excluding hydrogens is 356 g/mol. The van der Waals surface area contributed by atoms with Crippen molar-refractivity contribution in [3.8, 4) is 0 Å². The summed E-state index contributed by atoms with van der Waals surface area (Å²) in [5.74, 6) is -0.482. The highest BCUT2D eigenvalue weighted by molar-refractivity contribution is 7.14. The minimum absolute atomic E-state index is 0.188. The van der Waals surface area contributed by atoms with Crippen molar-refractivity contribution >= 4 is 40.4 Å². The Morgan fingerprint density at radius 1 is 1.32 bits per heavy atom. The summed E-state index contributed by atoms with van der Waals surface area (Å²) in [7, 11) is 0. The van der Waals surface area contributed by atoms with Gasteiger partial charge < -0.3 is 5.32 Å². The van der Waals surface area contributed by atoms with Crippen LogP contribution in [0.3, 0.4) is 0 Å². The van der Waals surface area contributed by atoms with Crippen molar-refractivity contribution in [1.82, 2.24) is 10.2 Å². The van der Waals surface area contributed by atoms with Gasteiger partial charge in [-0.05, 0) is 49.3 Å². The minimum Gasteiger partial charge on any atom is -0.319 e. The maximum Gasteiger partial charge on any atom is 0.325 e. The van der Waals surface area contributed by atoms with Gasteiger partial charge in [-0.3, -0.25) is 14.5 Å². The number of hydrogen-bond acceptors (Lipinski definition) is 5. The largest absolute Gasteiger partial charge is 0.325 e. The van der Waals surface area contributed by atoms with E-state index >= 15 is 0 Å². The Hall–Kier alpha value is -1.99. The Kier molecular flexibility index (Phi) is 4.00. The van der Waals surface area contributed by atoms with Crippen LogP contribution in [0.25, 0.3) is 0 Å². The van der Waals surface area contributed by atoms with Gasteiger partial charge in [0.15, 0.2) is 5.78 Å². The topological polar surface area (TPSA) is 66.5 Å². The van der Waals surface area contributed by atoms with Crippen LogP contribution in [-0.2, 0) is 23.2 Å². The van der Waals surface area contributed by atoms with Gasteiger partial charge in [0.05, 0.1) is 11.4 Å². The summed E-state index contributed by atoms with van der Waals surface area (Å²) in [5, 5.41) is 4.84. The molecule has 1 aliphatic heterocycles. The minimum atomic E-state index is -0.977. The van der Waals surface area contributed by atoms with Gasteiger partial charge in [-0.15, -0.1) is 22.7 Å². The number of ketones is 1. The molecule has 0 radical (unpaired) electrons. The molecule has 2 aromatic rings. The first-order valence-corrected chi connectivity index (χ1v) is 10.1. The van der Waals surface area contributed by atoms with Crippen molar-refractivity contribution in [1.29, 1.82) is 0 Å².